The predicted octanol–water partition coefficient (Wildman–Crippen LogP) is 2.18. The maximum atomic E-state index is 5.39. The van der Waals surface area contributed by atoms with Crippen LogP contribution >= 0.6 is 0 Å². The first kappa shape index (κ1) is 14.0. The van der Waals surface area contributed by atoms with Crippen molar-refractivity contribution in [1.82, 2.24) is 15.2 Å². The van der Waals surface area contributed by atoms with Crippen molar-refractivity contribution in [3.63, 3.8) is 0 Å². The highest BCUT2D eigenvalue weighted by Crippen LogP contribution is 2.19. The predicted molar refractivity (Wildman–Crippen MR) is 78.5 cm³/mol. The van der Waals surface area contributed by atoms with E-state index in [0.717, 1.165) is 37.8 Å². The van der Waals surface area contributed by atoms with Crippen molar-refractivity contribution in [2.45, 2.75) is 45.3 Å². The Hall–Kier alpha value is -1.37. The molecular weight excluding hydrogens is 234 g/mol. The number of pyridine rings is 1. The summed E-state index contributed by atoms with van der Waals surface area (Å²) in [5, 5.41) is 3.50. The van der Waals surface area contributed by atoms with Gasteiger partial charge in [-0.05, 0) is 37.4 Å². The molecule has 0 unspecified atom stereocenters. The zero-order valence-electron chi connectivity index (χ0n) is 11.7. The van der Waals surface area contributed by atoms with E-state index in [1.807, 2.05) is 6.20 Å². The number of hydrogen-bond acceptors (Lipinski definition) is 3. The highest BCUT2D eigenvalue weighted by molar-refractivity contribution is 5.14. The zero-order chi connectivity index (χ0) is 13.5. The van der Waals surface area contributed by atoms with Crippen LogP contribution in [0, 0.1) is 12.3 Å². The van der Waals surface area contributed by atoms with Crippen molar-refractivity contribution in [3.05, 3.63) is 29.6 Å². The van der Waals surface area contributed by atoms with E-state index < -0.39 is 0 Å². The largest absolute Gasteiger partial charge is 0.310 e. The van der Waals surface area contributed by atoms with E-state index in [4.69, 9.17) is 6.42 Å². The van der Waals surface area contributed by atoms with E-state index in [1.54, 1.807) is 0 Å². The molecule has 3 heteroatoms. The van der Waals surface area contributed by atoms with Crippen LogP contribution in [0.2, 0.25) is 0 Å². The summed E-state index contributed by atoms with van der Waals surface area (Å²) in [5.74, 6) is 2.71. The van der Waals surface area contributed by atoms with Crippen LogP contribution in [0.15, 0.2) is 18.3 Å². The number of nitrogens with one attached hydrogen (secondary N) is 1. The maximum absolute atomic E-state index is 5.39. The van der Waals surface area contributed by atoms with Crippen molar-refractivity contribution in [3.8, 4) is 12.3 Å². The molecule has 0 bridgehead atoms. The molecule has 1 N–H and O–H groups in total. The van der Waals surface area contributed by atoms with E-state index >= 15 is 0 Å². The Morgan fingerprint density at radius 1 is 1.47 bits per heavy atom. The first-order valence-electron chi connectivity index (χ1n) is 7.15. The normalized spacial score (nSPS) is 14.6. The van der Waals surface area contributed by atoms with Crippen molar-refractivity contribution < 1.29 is 0 Å². The third-order valence-corrected chi connectivity index (χ3v) is 3.30. The first-order valence-corrected chi connectivity index (χ1v) is 7.15. The van der Waals surface area contributed by atoms with Crippen molar-refractivity contribution in [2.24, 2.45) is 0 Å². The molecular formula is C16H23N3. The number of rotatable bonds is 8. The molecule has 102 valence electrons. The van der Waals surface area contributed by atoms with Gasteiger partial charge in [0, 0.05) is 25.3 Å². The van der Waals surface area contributed by atoms with Gasteiger partial charge in [0.05, 0.1) is 12.2 Å². The van der Waals surface area contributed by atoms with E-state index in [1.165, 1.54) is 18.4 Å². The summed E-state index contributed by atoms with van der Waals surface area (Å²) < 4.78 is 0. The molecule has 0 aliphatic heterocycles. The summed E-state index contributed by atoms with van der Waals surface area (Å²) in [6.45, 7) is 5.66. The molecule has 0 amide bonds. The van der Waals surface area contributed by atoms with Crippen LogP contribution < -0.4 is 5.32 Å². The molecule has 3 nitrogen and oxygen atoms in total. The van der Waals surface area contributed by atoms with Gasteiger partial charge in [-0.3, -0.25) is 9.88 Å². The lowest BCUT2D eigenvalue weighted by atomic mass is 10.2. The molecule has 19 heavy (non-hydrogen) atoms. The van der Waals surface area contributed by atoms with Gasteiger partial charge in [-0.1, -0.05) is 18.9 Å². The topological polar surface area (TPSA) is 28.2 Å². The van der Waals surface area contributed by atoms with Gasteiger partial charge in [0.15, 0.2) is 0 Å². The molecule has 1 aromatic rings. The summed E-state index contributed by atoms with van der Waals surface area (Å²) in [4.78, 5) is 6.79. The van der Waals surface area contributed by atoms with Gasteiger partial charge in [0.2, 0.25) is 0 Å². The summed E-state index contributed by atoms with van der Waals surface area (Å²) in [7, 11) is 0. The van der Waals surface area contributed by atoms with Crippen LogP contribution in [0.3, 0.4) is 0 Å². The molecule has 0 spiro atoms. The summed E-state index contributed by atoms with van der Waals surface area (Å²) in [6.07, 6.45) is 11.1. The van der Waals surface area contributed by atoms with Crippen LogP contribution in [0.1, 0.15) is 37.4 Å². The number of terminal acetylenes is 1. The average molecular weight is 257 g/mol. The Kier molecular flexibility index (Phi) is 5.38. The second kappa shape index (κ2) is 7.28. The Labute approximate surface area is 116 Å². The number of hydrogen-bond donors (Lipinski definition) is 1. The highest BCUT2D eigenvalue weighted by Gasteiger charge is 2.19. The Balaban J connectivity index is 1.83. The van der Waals surface area contributed by atoms with Crippen LogP contribution in [0.5, 0.6) is 0 Å². The van der Waals surface area contributed by atoms with Crippen molar-refractivity contribution in [1.29, 1.82) is 0 Å². The SMILES string of the molecule is C#CCN(CCC)Cc1ccc(CNC2CC2)cn1. The average Bonchev–Trinajstić information content (AvgIpc) is 3.23. The summed E-state index contributed by atoms with van der Waals surface area (Å²) in [6, 6.07) is 5.02. The van der Waals surface area contributed by atoms with Crippen LogP contribution in [-0.4, -0.2) is 29.0 Å². The second-order valence-electron chi connectivity index (χ2n) is 5.23. The van der Waals surface area contributed by atoms with Crippen molar-refractivity contribution in [2.75, 3.05) is 13.1 Å². The minimum Gasteiger partial charge on any atom is -0.310 e. The fourth-order valence-corrected chi connectivity index (χ4v) is 2.09. The first-order chi connectivity index (χ1) is 9.31. The molecule has 1 heterocycles. The lowest BCUT2D eigenvalue weighted by molar-refractivity contribution is 0.296. The van der Waals surface area contributed by atoms with Gasteiger partial charge >= 0.3 is 0 Å². The molecule has 1 aromatic heterocycles. The third kappa shape index (κ3) is 5.02. The fourth-order valence-electron chi connectivity index (χ4n) is 2.09. The summed E-state index contributed by atoms with van der Waals surface area (Å²) >= 11 is 0. The van der Waals surface area contributed by atoms with Crippen LogP contribution in [0.25, 0.3) is 0 Å². The van der Waals surface area contributed by atoms with E-state index in [-0.39, 0.29) is 0 Å². The van der Waals surface area contributed by atoms with Gasteiger partial charge in [-0.25, -0.2) is 0 Å². The summed E-state index contributed by atoms with van der Waals surface area (Å²) in [5.41, 5.74) is 2.36. The maximum Gasteiger partial charge on any atom is 0.0602 e. The van der Waals surface area contributed by atoms with E-state index in [2.05, 4.69) is 40.2 Å². The van der Waals surface area contributed by atoms with E-state index in [9.17, 15) is 0 Å². The molecule has 0 saturated heterocycles. The van der Waals surface area contributed by atoms with E-state index in [0.29, 0.717) is 6.54 Å². The quantitative estimate of drug-likeness (QED) is 0.724. The minimum absolute atomic E-state index is 0.695. The minimum atomic E-state index is 0.695. The van der Waals surface area contributed by atoms with Gasteiger partial charge in [0.1, 0.15) is 0 Å². The molecule has 2 rings (SSSR count). The number of aromatic nitrogens is 1. The smallest absolute Gasteiger partial charge is 0.0602 e. The molecule has 0 atom stereocenters. The monoisotopic (exact) mass is 257 g/mol. The molecule has 1 aliphatic rings. The molecule has 1 aliphatic carbocycles. The molecule has 0 radical (unpaired) electrons. The van der Waals surface area contributed by atoms with Gasteiger partial charge in [0.25, 0.3) is 0 Å². The lowest BCUT2D eigenvalue weighted by Gasteiger charge is -2.18. The third-order valence-electron chi connectivity index (χ3n) is 3.30. The zero-order valence-corrected chi connectivity index (χ0v) is 11.7. The van der Waals surface area contributed by atoms with Gasteiger partial charge in [-0.15, -0.1) is 6.42 Å². The Bertz CT molecular complexity index is 415. The fraction of sp³-hybridized carbons (Fsp3) is 0.562. The van der Waals surface area contributed by atoms with Crippen molar-refractivity contribution >= 4 is 0 Å². The van der Waals surface area contributed by atoms with Gasteiger partial charge < -0.3 is 5.32 Å². The lowest BCUT2D eigenvalue weighted by Crippen LogP contribution is -2.25. The second-order valence-corrected chi connectivity index (χ2v) is 5.23. The van der Waals surface area contributed by atoms with Gasteiger partial charge in [-0.2, -0.15) is 0 Å². The molecule has 0 aromatic carbocycles. The molecule has 1 fully saturated rings. The molecule has 1 saturated carbocycles. The highest BCUT2D eigenvalue weighted by atomic mass is 15.1. The Morgan fingerprint density at radius 3 is 2.89 bits per heavy atom. The Morgan fingerprint density at radius 2 is 2.32 bits per heavy atom. The van der Waals surface area contributed by atoms with Crippen LogP contribution in [0.4, 0.5) is 0 Å². The standard InChI is InChI=1S/C16H23N3/c1-3-9-19(10-4-2)13-16-6-5-14(12-18-16)11-17-15-7-8-15/h1,5-6,12,15,17H,4,7-11,13H2,2H3. The number of nitrogens with zero attached hydrogens (tertiary/aromatic N) is 2. The van der Waals surface area contributed by atoms with Crippen LogP contribution in [-0.2, 0) is 13.1 Å².